The predicted molar refractivity (Wildman–Crippen MR) is 88.1 cm³/mol. The number of amides is 1. The summed E-state index contributed by atoms with van der Waals surface area (Å²) in [6, 6.07) is 12.9. The normalized spacial score (nSPS) is 10.6. The van der Waals surface area contributed by atoms with E-state index in [1.165, 1.54) is 0 Å². The van der Waals surface area contributed by atoms with Crippen molar-refractivity contribution in [1.82, 2.24) is 9.97 Å². The van der Waals surface area contributed by atoms with Crippen LogP contribution < -0.4 is 4.90 Å². The average Bonchev–Trinajstić information content (AvgIpc) is 2.55. The molecule has 0 saturated heterocycles. The Labute approximate surface area is 133 Å². The number of hydrogen-bond acceptors (Lipinski definition) is 3. The number of rotatable bonds is 3. The van der Waals surface area contributed by atoms with Crippen LogP contribution in [0.15, 0.2) is 54.9 Å². The lowest BCUT2D eigenvalue weighted by Crippen LogP contribution is -2.27. The van der Waals surface area contributed by atoms with Gasteiger partial charge in [0, 0.05) is 30.2 Å². The van der Waals surface area contributed by atoms with Gasteiger partial charge < -0.3 is 4.90 Å². The highest BCUT2D eigenvalue weighted by Gasteiger charge is 2.12. The summed E-state index contributed by atoms with van der Waals surface area (Å²) in [5, 5.41) is 0.664. The van der Waals surface area contributed by atoms with Gasteiger partial charge in [-0.3, -0.25) is 14.8 Å². The third kappa shape index (κ3) is 3.07. The summed E-state index contributed by atoms with van der Waals surface area (Å²) in [6.45, 7) is 0. The lowest BCUT2D eigenvalue weighted by atomic mass is 10.1. The van der Waals surface area contributed by atoms with E-state index in [0.717, 1.165) is 22.3 Å². The van der Waals surface area contributed by atoms with Crippen LogP contribution in [0.2, 0.25) is 5.02 Å². The number of carbonyl (C=O) groups is 1. The number of benzene rings is 2. The molecule has 4 nitrogen and oxygen atoms in total. The zero-order valence-corrected chi connectivity index (χ0v) is 12.8. The van der Waals surface area contributed by atoms with Crippen molar-refractivity contribution in [3.63, 3.8) is 0 Å². The van der Waals surface area contributed by atoms with Gasteiger partial charge in [0.15, 0.2) is 0 Å². The van der Waals surface area contributed by atoms with E-state index >= 15 is 0 Å². The molecular weight excluding hydrogens is 298 g/mol. The summed E-state index contributed by atoms with van der Waals surface area (Å²) < 4.78 is 0. The third-order valence-corrected chi connectivity index (χ3v) is 3.73. The molecule has 0 bridgehead atoms. The van der Waals surface area contributed by atoms with Gasteiger partial charge in [0.05, 0.1) is 17.5 Å². The summed E-state index contributed by atoms with van der Waals surface area (Å²) in [7, 11) is 1.76. The van der Waals surface area contributed by atoms with Crippen molar-refractivity contribution >= 4 is 34.2 Å². The molecule has 3 aromatic rings. The highest BCUT2D eigenvalue weighted by Crippen LogP contribution is 2.19. The van der Waals surface area contributed by atoms with E-state index in [2.05, 4.69) is 9.97 Å². The van der Waals surface area contributed by atoms with Crippen LogP contribution in [0.5, 0.6) is 0 Å². The van der Waals surface area contributed by atoms with Gasteiger partial charge in [-0.15, -0.1) is 0 Å². The summed E-state index contributed by atoms with van der Waals surface area (Å²) in [6.07, 6.45) is 3.62. The molecule has 2 aromatic carbocycles. The van der Waals surface area contributed by atoms with Crippen molar-refractivity contribution in [1.29, 1.82) is 0 Å². The Balaban J connectivity index is 1.80. The molecular formula is C17H14ClN3O. The van der Waals surface area contributed by atoms with E-state index in [0.29, 0.717) is 11.4 Å². The molecule has 0 aliphatic carbocycles. The lowest BCUT2D eigenvalue weighted by molar-refractivity contribution is -0.117. The number of nitrogens with zero attached hydrogens (tertiary/aromatic N) is 3. The number of aromatic nitrogens is 2. The predicted octanol–water partition coefficient (Wildman–Crippen LogP) is 3.49. The first-order valence-electron chi connectivity index (χ1n) is 6.85. The van der Waals surface area contributed by atoms with Crippen LogP contribution in [-0.2, 0) is 11.2 Å². The molecule has 0 fully saturated rings. The van der Waals surface area contributed by atoms with E-state index in [1.54, 1.807) is 36.5 Å². The number of halogens is 1. The molecule has 1 amide bonds. The first-order chi connectivity index (χ1) is 10.6. The summed E-state index contributed by atoms with van der Waals surface area (Å²) in [4.78, 5) is 22.5. The molecule has 0 saturated carbocycles. The Bertz CT molecular complexity index is 818. The van der Waals surface area contributed by atoms with Crippen LogP contribution in [-0.4, -0.2) is 22.9 Å². The Hall–Kier alpha value is -2.46. The number of anilines is 1. The van der Waals surface area contributed by atoms with Crippen molar-refractivity contribution in [2.45, 2.75) is 6.42 Å². The van der Waals surface area contributed by atoms with Gasteiger partial charge in [-0.25, -0.2) is 0 Å². The van der Waals surface area contributed by atoms with Crippen molar-refractivity contribution in [2.75, 3.05) is 11.9 Å². The minimum atomic E-state index is 0.00515. The van der Waals surface area contributed by atoms with E-state index < -0.39 is 0 Å². The third-order valence-electron chi connectivity index (χ3n) is 3.48. The zero-order valence-electron chi connectivity index (χ0n) is 12.0. The first-order valence-corrected chi connectivity index (χ1v) is 7.23. The van der Waals surface area contributed by atoms with Gasteiger partial charge in [0.2, 0.25) is 5.91 Å². The number of likely N-dealkylation sites (N-methyl/N-ethyl adjacent to an activating group) is 1. The van der Waals surface area contributed by atoms with Crippen molar-refractivity contribution < 1.29 is 4.79 Å². The molecule has 5 heteroatoms. The number of fused-ring (bicyclic) bond motifs is 1. The monoisotopic (exact) mass is 311 g/mol. The zero-order chi connectivity index (χ0) is 15.5. The highest BCUT2D eigenvalue weighted by molar-refractivity contribution is 6.30. The molecule has 0 spiro atoms. The van der Waals surface area contributed by atoms with E-state index in [9.17, 15) is 4.79 Å². The van der Waals surface area contributed by atoms with Gasteiger partial charge in [0.1, 0.15) is 0 Å². The molecule has 0 radical (unpaired) electrons. The lowest BCUT2D eigenvalue weighted by Gasteiger charge is -2.17. The Morgan fingerprint density at radius 3 is 2.45 bits per heavy atom. The Morgan fingerprint density at radius 1 is 1.05 bits per heavy atom. The van der Waals surface area contributed by atoms with Crippen LogP contribution in [0, 0.1) is 0 Å². The van der Waals surface area contributed by atoms with Crippen molar-refractivity contribution in [3.05, 3.63) is 65.4 Å². The largest absolute Gasteiger partial charge is 0.315 e. The van der Waals surface area contributed by atoms with Crippen LogP contribution in [0.1, 0.15) is 5.56 Å². The van der Waals surface area contributed by atoms with Gasteiger partial charge in [0.25, 0.3) is 0 Å². The molecule has 0 unspecified atom stereocenters. The maximum atomic E-state index is 12.4. The van der Waals surface area contributed by atoms with Crippen LogP contribution in [0.25, 0.3) is 11.0 Å². The summed E-state index contributed by atoms with van der Waals surface area (Å²) >= 11 is 5.85. The Morgan fingerprint density at radius 2 is 1.73 bits per heavy atom. The fourth-order valence-corrected chi connectivity index (χ4v) is 2.33. The van der Waals surface area contributed by atoms with Gasteiger partial charge in [-0.05, 0) is 35.9 Å². The molecule has 0 aliphatic heterocycles. The molecule has 1 heterocycles. The summed E-state index contributed by atoms with van der Waals surface area (Å²) in [5.41, 5.74) is 3.31. The Kier molecular flexibility index (Phi) is 4.02. The maximum absolute atomic E-state index is 12.4. The second-order valence-electron chi connectivity index (χ2n) is 4.99. The molecule has 110 valence electrons. The second-order valence-corrected chi connectivity index (χ2v) is 5.42. The quantitative estimate of drug-likeness (QED) is 0.744. The topological polar surface area (TPSA) is 46.1 Å². The molecule has 3 rings (SSSR count). The minimum Gasteiger partial charge on any atom is -0.315 e. The average molecular weight is 312 g/mol. The molecule has 0 atom stereocenters. The van der Waals surface area contributed by atoms with E-state index in [4.69, 9.17) is 11.6 Å². The molecule has 22 heavy (non-hydrogen) atoms. The number of carbonyl (C=O) groups excluding carboxylic acids is 1. The summed E-state index contributed by atoms with van der Waals surface area (Å²) in [5.74, 6) is 0.00515. The van der Waals surface area contributed by atoms with Crippen molar-refractivity contribution in [2.24, 2.45) is 0 Å². The minimum absolute atomic E-state index is 0.00515. The SMILES string of the molecule is CN(C(=O)Cc1ccc(Cl)cc1)c1ccc2nccnc2c1. The fourth-order valence-electron chi connectivity index (χ4n) is 2.20. The molecule has 0 aliphatic rings. The maximum Gasteiger partial charge on any atom is 0.231 e. The van der Waals surface area contributed by atoms with E-state index in [-0.39, 0.29) is 5.91 Å². The van der Waals surface area contributed by atoms with Gasteiger partial charge in [-0.1, -0.05) is 23.7 Å². The van der Waals surface area contributed by atoms with Crippen LogP contribution in [0.4, 0.5) is 5.69 Å². The highest BCUT2D eigenvalue weighted by atomic mass is 35.5. The van der Waals surface area contributed by atoms with Crippen LogP contribution in [0.3, 0.4) is 0 Å². The molecule has 1 aromatic heterocycles. The van der Waals surface area contributed by atoms with E-state index in [1.807, 2.05) is 30.3 Å². The molecule has 0 N–H and O–H groups in total. The van der Waals surface area contributed by atoms with Crippen LogP contribution >= 0.6 is 11.6 Å². The smallest absolute Gasteiger partial charge is 0.231 e. The number of hydrogen-bond donors (Lipinski definition) is 0. The fraction of sp³-hybridized carbons (Fsp3) is 0.118. The standard InChI is InChI=1S/C17H14ClN3O/c1-21(17(22)10-12-2-4-13(18)5-3-12)14-6-7-15-16(11-14)20-9-8-19-15/h2-9,11H,10H2,1H3. The van der Waals surface area contributed by atoms with Crippen molar-refractivity contribution in [3.8, 4) is 0 Å². The first kappa shape index (κ1) is 14.5. The van der Waals surface area contributed by atoms with Gasteiger partial charge in [-0.2, -0.15) is 0 Å². The van der Waals surface area contributed by atoms with Gasteiger partial charge >= 0.3 is 0 Å². The second kappa shape index (κ2) is 6.12.